The van der Waals surface area contributed by atoms with Crippen LogP contribution in [0.3, 0.4) is 0 Å². The number of H-pyrrole nitrogens is 1. The molecule has 2 N–H and O–H groups in total. The summed E-state index contributed by atoms with van der Waals surface area (Å²) in [7, 11) is 0. The molecule has 30 heavy (non-hydrogen) atoms. The summed E-state index contributed by atoms with van der Waals surface area (Å²) in [6, 6.07) is 4.33. The third kappa shape index (κ3) is 3.11. The highest BCUT2D eigenvalue weighted by molar-refractivity contribution is 7.18. The molecular weight excluding hydrogens is 425 g/mol. The number of carbonyl (C=O) groups is 1. The Kier molecular flexibility index (Phi) is 4.46. The molecule has 0 fully saturated rings. The number of aliphatic hydroxyl groups is 1. The first-order valence-corrected chi connectivity index (χ1v) is 11.0. The first-order chi connectivity index (χ1) is 14.3. The number of amides is 1. The van der Waals surface area contributed by atoms with E-state index in [9.17, 15) is 14.3 Å². The van der Waals surface area contributed by atoms with E-state index in [1.807, 2.05) is 6.07 Å². The Hall–Kier alpha value is -2.69. The molecule has 1 aromatic carbocycles. The number of hydrogen-bond donors (Lipinski definition) is 2. The summed E-state index contributed by atoms with van der Waals surface area (Å²) < 4.78 is 15.0. The minimum absolute atomic E-state index is 0.207. The van der Waals surface area contributed by atoms with Crippen LogP contribution in [-0.2, 0) is 12.0 Å². The van der Waals surface area contributed by atoms with Crippen LogP contribution in [0.1, 0.15) is 51.0 Å². The number of carbonyl (C=O) groups excluding carboxylic acids is 1. The molecule has 0 unspecified atom stereocenters. The SMILES string of the molecule is CC(C)(O)c1ncc(C(=O)N2CCc3[nH]cnc3[C@H]2c2nc3c(F)cccc3s2)s1. The summed E-state index contributed by atoms with van der Waals surface area (Å²) in [6.45, 7) is 3.73. The van der Waals surface area contributed by atoms with Gasteiger partial charge in [0, 0.05) is 18.7 Å². The van der Waals surface area contributed by atoms with Crippen molar-refractivity contribution in [2.75, 3.05) is 6.54 Å². The number of nitrogens with one attached hydrogen (secondary N) is 1. The zero-order chi connectivity index (χ0) is 21.0. The number of nitrogens with zero attached hydrogens (tertiary/aromatic N) is 4. The van der Waals surface area contributed by atoms with Gasteiger partial charge in [-0.15, -0.1) is 22.7 Å². The van der Waals surface area contributed by atoms with Crippen LogP contribution in [0.15, 0.2) is 30.7 Å². The van der Waals surface area contributed by atoms with Crippen LogP contribution in [0.5, 0.6) is 0 Å². The molecule has 154 valence electrons. The van der Waals surface area contributed by atoms with Gasteiger partial charge in [-0.1, -0.05) is 6.07 Å². The third-order valence-corrected chi connectivity index (χ3v) is 7.42. The normalized spacial score (nSPS) is 16.8. The number of thiazole rings is 2. The van der Waals surface area contributed by atoms with Crippen molar-refractivity contribution in [2.24, 2.45) is 0 Å². The van der Waals surface area contributed by atoms with Crippen LogP contribution in [0, 0.1) is 5.82 Å². The van der Waals surface area contributed by atoms with E-state index in [1.165, 1.54) is 34.9 Å². The molecule has 0 saturated heterocycles. The van der Waals surface area contributed by atoms with Gasteiger partial charge in [-0.05, 0) is 26.0 Å². The van der Waals surface area contributed by atoms with Gasteiger partial charge in [-0.25, -0.2) is 19.3 Å². The average Bonchev–Trinajstić information content (AvgIpc) is 3.44. The maximum absolute atomic E-state index is 14.2. The first kappa shape index (κ1) is 19.3. The summed E-state index contributed by atoms with van der Waals surface area (Å²) in [4.78, 5) is 31.9. The summed E-state index contributed by atoms with van der Waals surface area (Å²) in [5, 5.41) is 11.3. The van der Waals surface area contributed by atoms with Gasteiger partial charge in [0.2, 0.25) is 0 Å². The smallest absolute Gasteiger partial charge is 0.266 e. The van der Waals surface area contributed by atoms with Crippen molar-refractivity contribution in [3.8, 4) is 0 Å². The lowest BCUT2D eigenvalue weighted by molar-refractivity contribution is 0.0695. The van der Waals surface area contributed by atoms with Crippen LogP contribution in [0.2, 0.25) is 0 Å². The van der Waals surface area contributed by atoms with Crippen molar-refractivity contribution in [1.82, 2.24) is 24.8 Å². The zero-order valence-corrected chi connectivity index (χ0v) is 17.9. The maximum atomic E-state index is 14.2. The van der Waals surface area contributed by atoms with Gasteiger partial charge in [-0.3, -0.25) is 4.79 Å². The second kappa shape index (κ2) is 6.93. The van der Waals surface area contributed by atoms with E-state index in [2.05, 4.69) is 19.9 Å². The van der Waals surface area contributed by atoms with E-state index in [0.717, 1.165) is 16.1 Å². The Morgan fingerprint density at radius 3 is 2.90 bits per heavy atom. The Bertz CT molecular complexity index is 1260. The highest BCUT2D eigenvalue weighted by Crippen LogP contribution is 2.39. The second-order valence-corrected chi connectivity index (χ2v) is 9.74. The minimum atomic E-state index is -1.12. The van der Waals surface area contributed by atoms with E-state index >= 15 is 0 Å². The van der Waals surface area contributed by atoms with Gasteiger partial charge >= 0.3 is 0 Å². The predicted octanol–water partition coefficient (Wildman–Crippen LogP) is 3.63. The van der Waals surface area contributed by atoms with Crippen molar-refractivity contribution in [3.63, 3.8) is 0 Å². The summed E-state index contributed by atoms with van der Waals surface area (Å²) in [6.07, 6.45) is 3.74. The van der Waals surface area contributed by atoms with E-state index in [1.54, 1.807) is 31.1 Å². The number of para-hydroxylation sites is 1. The first-order valence-electron chi connectivity index (χ1n) is 9.39. The Morgan fingerprint density at radius 1 is 1.33 bits per heavy atom. The number of rotatable bonds is 3. The third-order valence-electron chi connectivity index (χ3n) is 5.05. The van der Waals surface area contributed by atoms with E-state index in [-0.39, 0.29) is 11.7 Å². The van der Waals surface area contributed by atoms with Gasteiger partial charge in [0.15, 0.2) is 0 Å². The molecule has 7 nitrogen and oxygen atoms in total. The molecule has 4 aromatic rings. The lowest BCUT2D eigenvalue weighted by atomic mass is 10.0. The van der Waals surface area contributed by atoms with E-state index in [4.69, 9.17) is 0 Å². The molecule has 5 rings (SSSR count). The van der Waals surface area contributed by atoms with Gasteiger partial charge in [0.25, 0.3) is 5.91 Å². The number of aromatic nitrogens is 4. The molecule has 0 radical (unpaired) electrons. The quantitative estimate of drug-likeness (QED) is 0.504. The van der Waals surface area contributed by atoms with Crippen LogP contribution >= 0.6 is 22.7 Å². The summed E-state index contributed by atoms with van der Waals surface area (Å²) in [5.41, 5.74) is 0.853. The lowest BCUT2D eigenvalue weighted by Crippen LogP contribution is -2.40. The van der Waals surface area contributed by atoms with Crippen LogP contribution < -0.4 is 0 Å². The highest BCUT2D eigenvalue weighted by atomic mass is 32.1. The highest BCUT2D eigenvalue weighted by Gasteiger charge is 2.37. The number of aromatic amines is 1. The number of fused-ring (bicyclic) bond motifs is 2. The number of halogens is 1. The molecule has 1 atom stereocenters. The maximum Gasteiger partial charge on any atom is 0.266 e. The fourth-order valence-electron chi connectivity index (χ4n) is 3.59. The zero-order valence-electron chi connectivity index (χ0n) is 16.2. The predicted molar refractivity (Wildman–Crippen MR) is 112 cm³/mol. The van der Waals surface area contributed by atoms with Crippen molar-refractivity contribution in [2.45, 2.75) is 31.9 Å². The molecule has 4 heterocycles. The van der Waals surface area contributed by atoms with Crippen molar-refractivity contribution in [1.29, 1.82) is 0 Å². The summed E-state index contributed by atoms with van der Waals surface area (Å²) >= 11 is 2.53. The van der Waals surface area contributed by atoms with Crippen molar-refractivity contribution < 1.29 is 14.3 Å². The second-order valence-electron chi connectivity index (χ2n) is 7.64. The molecule has 10 heteroatoms. The van der Waals surface area contributed by atoms with Crippen LogP contribution in [0.4, 0.5) is 4.39 Å². The van der Waals surface area contributed by atoms with Gasteiger partial charge in [0.1, 0.15) is 37.9 Å². The van der Waals surface area contributed by atoms with E-state index < -0.39 is 11.6 Å². The fourth-order valence-corrected chi connectivity index (χ4v) is 5.56. The molecule has 0 saturated carbocycles. The molecule has 1 aliphatic rings. The van der Waals surface area contributed by atoms with Gasteiger partial charge < -0.3 is 15.0 Å². The topological polar surface area (TPSA) is 95.0 Å². The van der Waals surface area contributed by atoms with Crippen LogP contribution in [0.25, 0.3) is 10.2 Å². The number of benzene rings is 1. The van der Waals surface area contributed by atoms with Gasteiger partial charge in [-0.2, -0.15) is 0 Å². The Balaban J connectivity index is 1.59. The molecule has 0 spiro atoms. The van der Waals surface area contributed by atoms with Crippen molar-refractivity contribution >= 4 is 38.8 Å². The molecule has 1 aliphatic heterocycles. The largest absolute Gasteiger partial charge is 0.383 e. The Labute approximate surface area is 179 Å². The lowest BCUT2D eigenvalue weighted by Gasteiger charge is -2.33. The molecular formula is C20H18FN5O2S2. The van der Waals surface area contributed by atoms with E-state index in [0.29, 0.717) is 33.4 Å². The van der Waals surface area contributed by atoms with Crippen LogP contribution in [-0.4, -0.2) is 42.4 Å². The number of imidazole rings is 1. The summed E-state index contributed by atoms with van der Waals surface area (Å²) in [5.74, 6) is -0.593. The minimum Gasteiger partial charge on any atom is -0.383 e. The molecule has 3 aromatic heterocycles. The van der Waals surface area contributed by atoms with Crippen molar-refractivity contribution in [3.05, 3.63) is 62.8 Å². The molecule has 0 aliphatic carbocycles. The fraction of sp³-hybridized carbons (Fsp3) is 0.300. The molecule has 0 bridgehead atoms. The number of hydrogen-bond acceptors (Lipinski definition) is 7. The standard InChI is InChI=1S/C20H18FN5O2S2/c1-20(2,28)19-22-8-13(30-19)18(27)26-7-6-11-15(24-9-23-11)16(26)17-25-14-10(21)4-3-5-12(14)29-17/h3-5,8-9,16,28H,6-7H2,1-2H3,(H,23,24)/t16-/m0/s1. The molecule has 1 amide bonds. The average molecular weight is 444 g/mol. The monoisotopic (exact) mass is 443 g/mol. The Morgan fingerprint density at radius 2 is 2.17 bits per heavy atom. The van der Waals surface area contributed by atoms with Gasteiger partial charge in [0.05, 0.1) is 22.9 Å².